The number of sulfone groups is 1. The summed E-state index contributed by atoms with van der Waals surface area (Å²) in [4.78, 5) is 2.07. The Hall–Kier alpha value is -0.720. The maximum atomic E-state index is 12.3. The van der Waals surface area contributed by atoms with E-state index in [1.54, 1.807) is 18.7 Å². The molecule has 1 aliphatic rings. The van der Waals surface area contributed by atoms with Gasteiger partial charge in [-0.25, -0.2) is 8.42 Å². The summed E-state index contributed by atoms with van der Waals surface area (Å²) in [5.74, 6) is 1.83. The van der Waals surface area contributed by atoms with Gasteiger partial charge in [0.2, 0.25) is 0 Å². The standard InChI is InChI=1S/C14H22N2O2S2/c1-3-20(17,18)14-11-19-9-8-16(14)13-7-5-4-6-12(13)10-15-2/h4-7,14-15H,3,8-11H2,1-2H3. The molecule has 0 bridgehead atoms. The summed E-state index contributed by atoms with van der Waals surface area (Å²) in [5.41, 5.74) is 2.20. The summed E-state index contributed by atoms with van der Waals surface area (Å²) in [6.07, 6.45) is 0. The molecule has 6 heteroatoms. The largest absolute Gasteiger partial charge is 0.353 e. The topological polar surface area (TPSA) is 49.4 Å². The van der Waals surface area contributed by atoms with E-state index in [0.717, 1.165) is 30.1 Å². The van der Waals surface area contributed by atoms with E-state index in [4.69, 9.17) is 0 Å². The van der Waals surface area contributed by atoms with Gasteiger partial charge in [-0.15, -0.1) is 0 Å². The van der Waals surface area contributed by atoms with Gasteiger partial charge in [0.1, 0.15) is 5.37 Å². The molecule has 1 aliphatic heterocycles. The molecule has 1 aromatic rings. The number of anilines is 1. The van der Waals surface area contributed by atoms with E-state index in [0.29, 0.717) is 5.75 Å². The molecule has 1 heterocycles. The molecule has 112 valence electrons. The molecule has 20 heavy (non-hydrogen) atoms. The highest BCUT2D eigenvalue weighted by molar-refractivity contribution is 8.01. The van der Waals surface area contributed by atoms with Gasteiger partial charge in [0.25, 0.3) is 0 Å². The number of rotatable bonds is 5. The summed E-state index contributed by atoms with van der Waals surface area (Å²) < 4.78 is 24.7. The predicted molar refractivity (Wildman–Crippen MR) is 87.1 cm³/mol. The van der Waals surface area contributed by atoms with Crippen molar-refractivity contribution in [2.45, 2.75) is 18.8 Å². The SMILES string of the molecule is CCS(=O)(=O)C1CSCCN1c1ccccc1CNC. The monoisotopic (exact) mass is 314 g/mol. The van der Waals surface area contributed by atoms with Crippen LogP contribution in [0.15, 0.2) is 24.3 Å². The van der Waals surface area contributed by atoms with Crippen LogP contribution in [0.2, 0.25) is 0 Å². The van der Waals surface area contributed by atoms with Crippen LogP contribution in [-0.4, -0.2) is 44.6 Å². The zero-order valence-corrected chi connectivity index (χ0v) is 13.6. The van der Waals surface area contributed by atoms with Crippen molar-refractivity contribution in [3.8, 4) is 0 Å². The predicted octanol–water partition coefficient (Wildman–Crippen LogP) is 1.72. The molecule has 0 amide bonds. The van der Waals surface area contributed by atoms with Crippen LogP contribution in [0.5, 0.6) is 0 Å². The number of para-hydroxylation sites is 1. The summed E-state index contributed by atoms with van der Waals surface area (Å²) >= 11 is 1.73. The van der Waals surface area contributed by atoms with Gasteiger partial charge in [-0.05, 0) is 18.7 Å². The molecule has 1 unspecified atom stereocenters. The molecule has 0 aromatic heterocycles. The third-order valence-electron chi connectivity index (χ3n) is 3.57. The lowest BCUT2D eigenvalue weighted by molar-refractivity contribution is 0.579. The van der Waals surface area contributed by atoms with Gasteiger partial charge in [0, 0.05) is 36.0 Å². The van der Waals surface area contributed by atoms with Crippen LogP contribution in [0, 0.1) is 0 Å². The van der Waals surface area contributed by atoms with E-state index in [1.165, 1.54) is 0 Å². The second kappa shape index (κ2) is 6.83. The zero-order chi connectivity index (χ0) is 14.6. The molecule has 0 aliphatic carbocycles. The molecule has 1 atom stereocenters. The minimum absolute atomic E-state index is 0.197. The maximum absolute atomic E-state index is 12.3. The van der Waals surface area contributed by atoms with Crippen LogP contribution in [0.25, 0.3) is 0 Å². The number of thioether (sulfide) groups is 1. The molecule has 0 saturated carbocycles. The van der Waals surface area contributed by atoms with Crippen LogP contribution >= 0.6 is 11.8 Å². The van der Waals surface area contributed by atoms with Gasteiger partial charge in [-0.1, -0.05) is 25.1 Å². The first-order valence-electron chi connectivity index (χ1n) is 6.88. The van der Waals surface area contributed by atoms with Crippen molar-refractivity contribution in [3.63, 3.8) is 0 Å². The molecule has 1 saturated heterocycles. The van der Waals surface area contributed by atoms with E-state index in [1.807, 2.05) is 25.2 Å². The molecule has 2 rings (SSSR count). The molecule has 1 aromatic carbocycles. The average molecular weight is 314 g/mol. The first-order valence-corrected chi connectivity index (χ1v) is 9.75. The lowest BCUT2D eigenvalue weighted by Gasteiger charge is -2.37. The Kier molecular flexibility index (Phi) is 5.35. The van der Waals surface area contributed by atoms with Crippen molar-refractivity contribution in [3.05, 3.63) is 29.8 Å². The van der Waals surface area contributed by atoms with Gasteiger partial charge in [0.05, 0.1) is 0 Å². The van der Waals surface area contributed by atoms with Gasteiger partial charge >= 0.3 is 0 Å². The third-order valence-corrected chi connectivity index (χ3v) is 6.86. The molecule has 1 N–H and O–H groups in total. The maximum Gasteiger partial charge on any atom is 0.171 e. The Balaban J connectivity index is 2.38. The molecular weight excluding hydrogens is 292 g/mol. The lowest BCUT2D eigenvalue weighted by Crippen LogP contribution is -2.48. The number of hydrogen-bond donors (Lipinski definition) is 1. The zero-order valence-electron chi connectivity index (χ0n) is 12.0. The van der Waals surface area contributed by atoms with Crippen LogP contribution in [-0.2, 0) is 16.4 Å². The Morgan fingerprint density at radius 1 is 1.40 bits per heavy atom. The Bertz CT molecular complexity index is 546. The van der Waals surface area contributed by atoms with E-state index in [2.05, 4.69) is 16.3 Å². The summed E-state index contributed by atoms with van der Waals surface area (Å²) in [6.45, 7) is 3.26. The Labute approximate surface area is 125 Å². The highest BCUT2D eigenvalue weighted by atomic mass is 32.2. The van der Waals surface area contributed by atoms with Crippen molar-refractivity contribution < 1.29 is 8.42 Å². The molecule has 0 spiro atoms. The fourth-order valence-corrected chi connectivity index (χ4v) is 5.46. The number of benzene rings is 1. The number of nitrogens with one attached hydrogen (secondary N) is 1. The number of hydrogen-bond acceptors (Lipinski definition) is 5. The second-order valence-electron chi connectivity index (χ2n) is 4.83. The van der Waals surface area contributed by atoms with Crippen LogP contribution in [0.3, 0.4) is 0 Å². The van der Waals surface area contributed by atoms with Crippen LogP contribution < -0.4 is 10.2 Å². The van der Waals surface area contributed by atoms with Crippen molar-refractivity contribution in [1.82, 2.24) is 5.32 Å². The fourth-order valence-electron chi connectivity index (χ4n) is 2.48. The third kappa shape index (κ3) is 3.30. The van der Waals surface area contributed by atoms with Crippen molar-refractivity contribution in [2.75, 3.05) is 35.8 Å². The highest BCUT2D eigenvalue weighted by Crippen LogP contribution is 2.29. The first kappa shape index (κ1) is 15.7. The van der Waals surface area contributed by atoms with Gasteiger partial charge in [-0.2, -0.15) is 11.8 Å². The summed E-state index contributed by atoms with van der Waals surface area (Å²) in [6, 6.07) is 8.06. The Morgan fingerprint density at radius 3 is 2.85 bits per heavy atom. The van der Waals surface area contributed by atoms with Crippen LogP contribution in [0.1, 0.15) is 12.5 Å². The first-order chi connectivity index (χ1) is 9.60. The molecule has 1 fully saturated rings. The van der Waals surface area contributed by atoms with Gasteiger partial charge in [-0.3, -0.25) is 0 Å². The molecular formula is C14H22N2O2S2. The molecule has 4 nitrogen and oxygen atoms in total. The summed E-state index contributed by atoms with van der Waals surface area (Å²) in [7, 11) is -1.16. The Morgan fingerprint density at radius 2 is 2.15 bits per heavy atom. The average Bonchev–Trinajstić information content (AvgIpc) is 2.48. The quantitative estimate of drug-likeness (QED) is 0.897. The number of nitrogens with zero attached hydrogens (tertiary/aromatic N) is 1. The molecule has 0 radical (unpaired) electrons. The minimum atomic E-state index is -3.07. The van der Waals surface area contributed by atoms with E-state index in [-0.39, 0.29) is 5.75 Å². The fraction of sp³-hybridized carbons (Fsp3) is 0.571. The normalized spacial score (nSPS) is 20.1. The van der Waals surface area contributed by atoms with E-state index >= 15 is 0 Å². The minimum Gasteiger partial charge on any atom is -0.353 e. The van der Waals surface area contributed by atoms with E-state index < -0.39 is 15.2 Å². The summed E-state index contributed by atoms with van der Waals surface area (Å²) in [5, 5.41) is 2.75. The second-order valence-corrected chi connectivity index (χ2v) is 8.43. The van der Waals surface area contributed by atoms with Gasteiger partial charge in [0.15, 0.2) is 9.84 Å². The lowest BCUT2D eigenvalue weighted by atomic mass is 10.1. The van der Waals surface area contributed by atoms with Crippen molar-refractivity contribution in [2.24, 2.45) is 0 Å². The van der Waals surface area contributed by atoms with Crippen molar-refractivity contribution >= 4 is 27.3 Å². The van der Waals surface area contributed by atoms with E-state index in [9.17, 15) is 8.42 Å². The van der Waals surface area contributed by atoms with Crippen molar-refractivity contribution in [1.29, 1.82) is 0 Å². The van der Waals surface area contributed by atoms with Crippen LogP contribution in [0.4, 0.5) is 5.69 Å². The smallest absolute Gasteiger partial charge is 0.171 e. The highest BCUT2D eigenvalue weighted by Gasteiger charge is 2.33. The van der Waals surface area contributed by atoms with Gasteiger partial charge < -0.3 is 10.2 Å².